The molecular formula is C23H22N6O3S. The first-order valence-electron chi connectivity index (χ1n) is 10.1. The fourth-order valence-corrected chi connectivity index (χ4v) is 3.86. The number of para-hydroxylation sites is 1. The highest BCUT2D eigenvalue weighted by Gasteiger charge is 2.18. The molecule has 10 heteroatoms. The van der Waals surface area contributed by atoms with Crippen LogP contribution in [0.4, 0.5) is 11.4 Å². The molecular weight excluding hydrogens is 440 g/mol. The minimum atomic E-state index is -0.314. The van der Waals surface area contributed by atoms with E-state index in [4.69, 9.17) is 10.3 Å². The van der Waals surface area contributed by atoms with Crippen LogP contribution in [0.5, 0.6) is 0 Å². The van der Waals surface area contributed by atoms with Crippen LogP contribution >= 0.6 is 11.8 Å². The van der Waals surface area contributed by atoms with Gasteiger partial charge in [-0.3, -0.25) is 9.59 Å². The number of hydrogen-bond donors (Lipinski definition) is 3. The van der Waals surface area contributed by atoms with Gasteiger partial charge in [0.25, 0.3) is 5.91 Å². The van der Waals surface area contributed by atoms with Crippen LogP contribution in [0, 0.1) is 13.8 Å². The number of anilines is 2. The van der Waals surface area contributed by atoms with Crippen LogP contribution < -0.4 is 16.5 Å². The van der Waals surface area contributed by atoms with Gasteiger partial charge in [0, 0.05) is 5.69 Å². The molecule has 0 aliphatic rings. The smallest absolute Gasteiger partial charge is 0.257 e. The molecule has 2 aromatic carbocycles. The molecule has 4 N–H and O–H groups in total. The fourth-order valence-electron chi connectivity index (χ4n) is 3.20. The number of nitrogens with zero attached hydrogens (tertiary/aromatic N) is 3. The van der Waals surface area contributed by atoms with E-state index in [-0.39, 0.29) is 17.6 Å². The van der Waals surface area contributed by atoms with Gasteiger partial charge in [0.2, 0.25) is 11.1 Å². The molecule has 0 saturated carbocycles. The Morgan fingerprint density at radius 2 is 1.88 bits per heavy atom. The SMILES string of the molecule is Cc1cccc(NC(=O)c2ccccc2NC(=O)CSc2nnc(-c3ccoc3C)n2N)c1. The van der Waals surface area contributed by atoms with Gasteiger partial charge in [0.05, 0.1) is 28.8 Å². The number of nitrogens with two attached hydrogens (primary N) is 1. The summed E-state index contributed by atoms with van der Waals surface area (Å²) in [5, 5.41) is 14.2. The van der Waals surface area contributed by atoms with Gasteiger partial charge in [-0.25, -0.2) is 4.68 Å². The largest absolute Gasteiger partial charge is 0.469 e. The van der Waals surface area contributed by atoms with Crippen molar-refractivity contribution in [2.24, 2.45) is 0 Å². The van der Waals surface area contributed by atoms with Crippen LogP contribution in [0.25, 0.3) is 11.4 Å². The van der Waals surface area contributed by atoms with Gasteiger partial charge in [-0.05, 0) is 49.7 Å². The second-order valence-corrected chi connectivity index (χ2v) is 8.22. The van der Waals surface area contributed by atoms with E-state index in [1.54, 1.807) is 43.5 Å². The fraction of sp³-hybridized carbons (Fsp3) is 0.130. The number of nitrogens with one attached hydrogen (secondary N) is 2. The number of aryl methyl sites for hydroxylation is 2. The lowest BCUT2D eigenvalue weighted by molar-refractivity contribution is -0.113. The van der Waals surface area contributed by atoms with Crippen LogP contribution in [0.3, 0.4) is 0 Å². The minimum absolute atomic E-state index is 0.0353. The number of thioether (sulfide) groups is 1. The average molecular weight is 463 g/mol. The van der Waals surface area contributed by atoms with Gasteiger partial charge in [0.15, 0.2) is 5.82 Å². The van der Waals surface area contributed by atoms with Crippen LogP contribution in [0.1, 0.15) is 21.7 Å². The van der Waals surface area contributed by atoms with E-state index < -0.39 is 0 Å². The van der Waals surface area contributed by atoms with E-state index >= 15 is 0 Å². The Labute approximate surface area is 194 Å². The van der Waals surface area contributed by atoms with Gasteiger partial charge >= 0.3 is 0 Å². The molecule has 0 aliphatic carbocycles. The lowest BCUT2D eigenvalue weighted by Gasteiger charge is -2.12. The van der Waals surface area contributed by atoms with Crippen molar-refractivity contribution in [2.75, 3.05) is 22.2 Å². The Morgan fingerprint density at radius 1 is 1.06 bits per heavy atom. The molecule has 4 rings (SSSR count). The van der Waals surface area contributed by atoms with Gasteiger partial charge < -0.3 is 20.9 Å². The van der Waals surface area contributed by atoms with E-state index in [2.05, 4.69) is 20.8 Å². The lowest BCUT2D eigenvalue weighted by Crippen LogP contribution is -2.20. The zero-order valence-corrected chi connectivity index (χ0v) is 18.8. The number of nitrogen functional groups attached to an aromatic ring is 1. The third-order valence-corrected chi connectivity index (χ3v) is 5.76. The van der Waals surface area contributed by atoms with Crippen LogP contribution in [0.15, 0.2) is 70.4 Å². The van der Waals surface area contributed by atoms with Crippen LogP contribution in [0.2, 0.25) is 0 Å². The summed E-state index contributed by atoms with van der Waals surface area (Å²) in [4.78, 5) is 25.4. The third kappa shape index (κ3) is 5.07. The summed E-state index contributed by atoms with van der Waals surface area (Å²) in [6.45, 7) is 3.75. The first kappa shape index (κ1) is 22.2. The molecule has 0 atom stereocenters. The summed E-state index contributed by atoms with van der Waals surface area (Å²) in [6.07, 6.45) is 1.55. The van der Waals surface area contributed by atoms with E-state index in [0.717, 1.165) is 22.9 Å². The molecule has 0 saturated heterocycles. The Morgan fingerprint density at radius 3 is 2.64 bits per heavy atom. The number of aromatic nitrogens is 3. The maximum Gasteiger partial charge on any atom is 0.257 e. The summed E-state index contributed by atoms with van der Waals surface area (Å²) in [5.41, 5.74) is 3.22. The summed E-state index contributed by atoms with van der Waals surface area (Å²) in [7, 11) is 0. The number of benzene rings is 2. The molecule has 4 aromatic rings. The normalized spacial score (nSPS) is 10.7. The summed E-state index contributed by atoms with van der Waals surface area (Å²) in [6, 6.07) is 16.1. The van der Waals surface area contributed by atoms with Crippen molar-refractivity contribution in [3.63, 3.8) is 0 Å². The Balaban J connectivity index is 1.41. The molecule has 9 nitrogen and oxygen atoms in total. The maximum atomic E-state index is 12.8. The molecule has 0 spiro atoms. The van der Waals surface area contributed by atoms with Crippen molar-refractivity contribution in [1.82, 2.24) is 14.9 Å². The molecule has 0 bridgehead atoms. The highest BCUT2D eigenvalue weighted by molar-refractivity contribution is 7.99. The van der Waals surface area contributed by atoms with Crippen LogP contribution in [-0.2, 0) is 4.79 Å². The number of rotatable bonds is 7. The van der Waals surface area contributed by atoms with Gasteiger partial charge in [-0.1, -0.05) is 36.0 Å². The highest BCUT2D eigenvalue weighted by Crippen LogP contribution is 2.25. The monoisotopic (exact) mass is 462 g/mol. The Kier molecular flexibility index (Phi) is 6.45. The van der Waals surface area contributed by atoms with Crippen molar-refractivity contribution in [3.05, 3.63) is 77.7 Å². The molecule has 2 amide bonds. The predicted molar refractivity (Wildman–Crippen MR) is 128 cm³/mol. The average Bonchev–Trinajstić information content (AvgIpc) is 3.37. The third-order valence-electron chi connectivity index (χ3n) is 4.82. The predicted octanol–water partition coefficient (Wildman–Crippen LogP) is 3.85. The first-order chi connectivity index (χ1) is 15.9. The molecule has 33 heavy (non-hydrogen) atoms. The summed E-state index contributed by atoms with van der Waals surface area (Å²) >= 11 is 1.14. The molecule has 0 unspecified atom stereocenters. The van der Waals surface area contributed by atoms with Crippen molar-refractivity contribution in [2.45, 2.75) is 19.0 Å². The standard InChI is InChI=1S/C23H22N6O3S/c1-14-6-5-7-16(12-14)25-22(31)18-8-3-4-9-19(18)26-20(30)13-33-23-28-27-21(29(23)24)17-10-11-32-15(17)2/h3-12H,13,24H2,1-2H3,(H,25,31)(H,26,30). The van der Waals surface area contributed by atoms with E-state index in [1.807, 2.05) is 31.2 Å². The minimum Gasteiger partial charge on any atom is -0.469 e. The Hall–Kier alpha value is -4.05. The number of hydrogen-bond acceptors (Lipinski definition) is 7. The van der Waals surface area contributed by atoms with Crippen molar-refractivity contribution in [1.29, 1.82) is 0 Å². The Bertz CT molecular complexity index is 1310. The molecule has 0 radical (unpaired) electrons. The topological polar surface area (TPSA) is 128 Å². The number of furan rings is 1. The van der Waals surface area contributed by atoms with Gasteiger partial charge in [-0.2, -0.15) is 0 Å². The van der Waals surface area contributed by atoms with E-state index in [9.17, 15) is 9.59 Å². The second kappa shape index (κ2) is 9.61. The molecule has 2 heterocycles. The number of carbonyl (C=O) groups is 2. The summed E-state index contributed by atoms with van der Waals surface area (Å²) < 4.78 is 6.60. The van der Waals surface area contributed by atoms with Crippen molar-refractivity contribution >= 4 is 35.0 Å². The highest BCUT2D eigenvalue weighted by atomic mass is 32.2. The maximum absolute atomic E-state index is 12.8. The molecule has 0 aliphatic heterocycles. The zero-order chi connectivity index (χ0) is 23.4. The van der Waals surface area contributed by atoms with E-state index in [0.29, 0.717) is 33.7 Å². The van der Waals surface area contributed by atoms with Crippen LogP contribution in [-0.4, -0.2) is 32.4 Å². The van der Waals surface area contributed by atoms with E-state index in [1.165, 1.54) is 4.68 Å². The molecule has 0 fully saturated rings. The summed E-state index contributed by atoms with van der Waals surface area (Å²) in [5.74, 6) is 6.63. The molecule has 168 valence electrons. The second-order valence-electron chi connectivity index (χ2n) is 7.27. The lowest BCUT2D eigenvalue weighted by atomic mass is 10.1. The van der Waals surface area contributed by atoms with Gasteiger partial charge in [-0.15, -0.1) is 10.2 Å². The molecule has 2 aromatic heterocycles. The zero-order valence-electron chi connectivity index (χ0n) is 18.0. The quantitative estimate of drug-likeness (QED) is 0.281. The number of carbonyl (C=O) groups excluding carboxylic acids is 2. The van der Waals surface area contributed by atoms with Crippen molar-refractivity contribution < 1.29 is 14.0 Å². The number of amides is 2. The van der Waals surface area contributed by atoms with Gasteiger partial charge in [0.1, 0.15) is 5.76 Å². The first-order valence-corrected chi connectivity index (χ1v) is 11.1. The van der Waals surface area contributed by atoms with Crippen molar-refractivity contribution in [3.8, 4) is 11.4 Å².